The van der Waals surface area contributed by atoms with Crippen LogP contribution < -0.4 is 5.32 Å². The van der Waals surface area contributed by atoms with Gasteiger partial charge in [-0.1, -0.05) is 12.1 Å². The molecule has 7 heteroatoms. The topological polar surface area (TPSA) is 110 Å². The zero-order valence-electron chi connectivity index (χ0n) is 11.3. The normalized spacial score (nSPS) is 11.7. The number of nitro benzene ring substituents is 1. The fourth-order valence-corrected chi connectivity index (χ4v) is 1.80. The van der Waals surface area contributed by atoms with Crippen LogP contribution in [0.1, 0.15) is 35.7 Å². The van der Waals surface area contributed by atoms with Crippen molar-refractivity contribution in [3.05, 3.63) is 39.4 Å². The predicted octanol–water partition coefficient (Wildman–Crippen LogP) is 1.89. The summed E-state index contributed by atoms with van der Waals surface area (Å²) in [5.74, 6) is -1.52. The van der Waals surface area contributed by atoms with Crippen LogP contribution in [0.3, 0.4) is 0 Å². The van der Waals surface area contributed by atoms with Crippen molar-refractivity contribution in [2.24, 2.45) is 0 Å². The van der Waals surface area contributed by atoms with E-state index in [0.29, 0.717) is 5.56 Å². The summed E-state index contributed by atoms with van der Waals surface area (Å²) in [6.45, 7) is 3.21. The molecule has 1 atom stereocenters. The fraction of sp³-hybridized carbons (Fsp3) is 0.385. The summed E-state index contributed by atoms with van der Waals surface area (Å²) in [6.07, 6.45) is 0.193. The van der Waals surface area contributed by atoms with E-state index in [4.69, 9.17) is 5.11 Å². The number of carbonyl (C=O) groups excluding carboxylic acids is 1. The first-order valence-electron chi connectivity index (χ1n) is 6.09. The molecule has 1 amide bonds. The van der Waals surface area contributed by atoms with Gasteiger partial charge in [-0.25, -0.2) is 0 Å². The monoisotopic (exact) mass is 280 g/mol. The average Bonchev–Trinajstić information content (AvgIpc) is 2.35. The van der Waals surface area contributed by atoms with E-state index in [9.17, 15) is 19.7 Å². The van der Waals surface area contributed by atoms with Crippen molar-refractivity contribution < 1.29 is 19.6 Å². The van der Waals surface area contributed by atoms with Crippen LogP contribution in [-0.2, 0) is 4.79 Å². The zero-order chi connectivity index (χ0) is 15.3. The van der Waals surface area contributed by atoms with E-state index in [1.54, 1.807) is 26.0 Å². The molecule has 0 radical (unpaired) electrons. The predicted molar refractivity (Wildman–Crippen MR) is 71.6 cm³/mol. The molecule has 1 rings (SSSR count). The number of para-hydroxylation sites is 1. The highest BCUT2D eigenvalue weighted by Gasteiger charge is 2.23. The second-order valence-electron chi connectivity index (χ2n) is 4.54. The number of aliphatic carboxylic acids is 1. The Labute approximate surface area is 115 Å². The maximum Gasteiger partial charge on any atom is 0.303 e. The number of aryl methyl sites for hydroxylation is 1. The molecule has 20 heavy (non-hydrogen) atoms. The molecule has 0 bridgehead atoms. The lowest BCUT2D eigenvalue weighted by atomic mass is 10.1. The van der Waals surface area contributed by atoms with Crippen molar-refractivity contribution in [2.75, 3.05) is 0 Å². The Morgan fingerprint density at radius 1 is 1.45 bits per heavy atom. The lowest BCUT2D eigenvalue weighted by Gasteiger charge is -2.13. The third-order valence-electron chi connectivity index (χ3n) is 2.83. The molecule has 0 aliphatic carbocycles. The smallest absolute Gasteiger partial charge is 0.303 e. The van der Waals surface area contributed by atoms with E-state index in [1.807, 2.05) is 0 Å². The Hall–Kier alpha value is -2.44. The Morgan fingerprint density at radius 3 is 2.65 bits per heavy atom. The van der Waals surface area contributed by atoms with Gasteiger partial charge in [0, 0.05) is 18.0 Å². The van der Waals surface area contributed by atoms with Gasteiger partial charge >= 0.3 is 5.97 Å². The summed E-state index contributed by atoms with van der Waals surface area (Å²) in [4.78, 5) is 32.9. The molecule has 1 unspecified atom stereocenters. The van der Waals surface area contributed by atoms with Crippen LogP contribution in [0.25, 0.3) is 0 Å². The summed E-state index contributed by atoms with van der Waals surface area (Å²) in [5.41, 5.74) is 0.161. The van der Waals surface area contributed by atoms with Crippen LogP contribution in [0.5, 0.6) is 0 Å². The molecule has 0 spiro atoms. The number of hydrogen-bond acceptors (Lipinski definition) is 4. The van der Waals surface area contributed by atoms with Crippen LogP contribution in [-0.4, -0.2) is 27.9 Å². The number of benzene rings is 1. The SMILES string of the molecule is Cc1cccc(C(=O)NC(C)CCC(=O)O)c1[N+](=O)[O-]. The molecule has 0 fully saturated rings. The second kappa shape index (κ2) is 6.65. The van der Waals surface area contributed by atoms with Gasteiger partial charge in [0.25, 0.3) is 11.6 Å². The third kappa shape index (κ3) is 4.04. The van der Waals surface area contributed by atoms with Crippen molar-refractivity contribution in [3.63, 3.8) is 0 Å². The molecule has 7 nitrogen and oxygen atoms in total. The molecule has 0 saturated carbocycles. The van der Waals surface area contributed by atoms with E-state index in [2.05, 4.69) is 5.32 Å². The minimum atomic E-state index is -0.951. The van der Waals surface area contributed by atoms with Crippen LogP contribution in [0, 0.1) is 17.0 Å². The van der Waals surface area contributed by atoms with E-state index < -0.39 is 16.8 Å². The third-order valence-corrected chi connectivity index (χ3v) is 2.83. The number of nitrogens with zero attached hydrogens (tertiary/aromatic N) is 1. The summed E-state index contributed by atoms with van der Waals surface area (Å²) >= 11 is 0. The van der Waals surface area contributed by atoms with Crippen LogP contribution >= 0.6 is 0 Å². The lowest BCUT2D eigenvalue weighted by molar-refractivity contribution is -0.385. The summed E-state index contributed by atoms with van der Waals surface area (Å²) in [6, 6.07) is 4.13. The van der Waals surface area contributed by atoms with E-state index in [0.717, 1.165) is 0 Å². The van der Waals surface area contributed by atoms with Crippen molar-refractivity contribution in [3.8, 4) is 0 Å². The molecule has 0 saturated heterocycles. The van der Waals surface area contributed by atoms with Gasteiger partial charge in [-0.15, -0.1) is 0 Å². The number of amides is 1. The first-order valence-corrected chi connectivity index (χ1v) is 6.09. The average molecular weight is 280 g/mol. The van der Waals surface area contributed by atoms with E-state index in [-0.39, 0.29) is 30.1 Å². The van der Waals surface area contributed by atoms with Gasteiger partial charge < -0.3 is 10.4 Å². The maximum atomic E-state index is 12.0. The van der Waals surface area contributed by atoms with Gasteiger partial charge in [-0.2, -0.15) is 0 Å². The molecule has 0 heterocycles. The molecule has 0 aliphatic rings. The molecular weight excluding hydrogens is 264 g/mol. The molecule has 0 aliphatic heterocycles. The van der Waals surface area contributed by atoms with Crippen molar-refractivity contribution in [1.29, 1.82) is 0 Å². The summed E-state index contributed by atoms with van der Waals surface area (Å²) in [7, 11) is 0. The van der Waals surface area contributed by atoms with Crippen LogP contribution in [0.2, 0.25) is 0 Å². The molecule has 1 aromatic carbocycles. The lowest BCUT2D eigenvalue weighted by Crippen LogP contribution is -2.33. The highest BCUT2D eigenvalue weighted by molar-refractivity contribution is 5.98. The van der Waals surface area contributed by atoms with E-state index >= 15 is 0 Å². The molecule has 0 aromatic heterocycles. The van der Waals surface area contributed by atoms with Gasteiger partial charge in [0.05, 0.1) is 4.92 Å². The number of rotatable bonds is 6. The minimum absolute atomic E-state index is 0.0165. The number of nitrogens with one attached hydrogen (secondary N) is 1. The van der Waals surface area contributed by atoms with Crippen LogP contribution in [0.4, 0.5) is 5.69 Å². The minimum Gasteiger partial charge on any atom is -0.481 e. The fourth-order valence-electron chi connectivity index (χ4n) is 1.80. The largest absolute Gasteiger partial charge is 0.481 e. The van der Waals surface area contributed by atoms with Gasteiger partial charge in [-0.05, 0) is 26.3 Å². The van der Waals surface area contributed by atoms with Crippen molar-refractivity contribution >= 4 is 17.6 Å². The quantitative estimate of drug-likeness (QED) is 0.610. The zero-order valence-corrected chi connectivity index (χ0v) is 11.3. The highest BCUT2D eigenvalue weighted by Crippen LogP contribution is 2.23. The first kappa shape index (κ1) is 15.6. The Bertz CT molecular complexity index is 542. The van der Waals surface area contributed by atoms with Gasteiger partial charge in [0.2, 0.25) is 0 Å². The Balaban J connectivity index is 2.85. The first-order chi connectivity index (χ1) is 9.32. The van der Waals surface area contributed by atoms with Crippen molar-refractivity contribution in [2.45, 2.75) is 32.7 Å². The van der Waals surface area contributed by atoms with Gasteiger partial charge in [-0.3, -0.25) is 19.7 Å². The number of hydrogen-bond donors (Lipinski definition) is 2. The van der Waals surface area contributed by atoms with Crippen molar-refractivity contribution in [1.82, 2.24) is 5.32 Å². The maximum absolute atomic E-state index is 12.0. The molecule has 1 aromatic rings. The second-order valence-corrected chi connectivity index (χ2v) is 4.54. The molecule has 108 valence electrons. The number of carboxylic acid groups (broad SMARTS) is 1. The number of carbonyl (C=O) groups is 2. The summed E-state index contributed by atoms with van der Waals surface area (Å²) < 4.78 is 0. The number of nitro groups is 1. The highest BCUT2D eigenvalue weighted by atomic mass is 16.6. The Kier molecular flexibility index (Phi) is 5.19. The molecular formula is C13H16N2O5. The van der Waals surface area contributed by atoms with Gasteiger partial charge in [0.15, 0.2) is 0 Å². The Morgan fingerprint density at radius 2 is 2.10 bits per heavy atom. The standard InChI is InChI=1S/C13H16N2O5/c1-8-4-3-5-10(12(8)15(19)20)13(18)14-9(2)6-7-11(16)17/h3-5,9H,6-7H2,1-2H3,(H,14,18)(H,16,17). The van der Waals surface area contributed by atoms with E-state index in [1.165, 1.54) is 6.07 Å². The summed E-state index contributed by atoms with van der Waals surface area (Å²) in [5, 5.41) is 22.1. The van der Waals surface area contributed by atoms with Crippen LogP contribution in [0.15, 0.2) is 18.2 Å². The molecule has 2 N–H and O–H groups in total. The number of carboxylic acids is 1. The van der Waals surface area contributed by atoms with Gasteiger partial charge in [0.1, 0.15) is 5.56 Å².